The van der Waals surface area contributed by atoms with Crippen molar-refractivity contribution in [3.05, 3.63) is 0 Å². The lowest BCUT2D eigenvalue weighted by atomic mass is 9.97. The second-order valence-electron chi connectivity index (χ2n) is 4.09. The van der Waals surface area contributed by atoms with Gasteiger partial charge in [-0.2, -0.15) is 0 Å². The van der Waals surface area contributed by atoms with Crippen LogP contribution in [-0.2, 0) is 0 Å². The molecule has 76 valence electrons. The fourth-order valence-corrected chi connectivity index (χ4v) is 1.07. The number of hydrogen-bond acceptors (Lipinski definition) is 1. The molecule has 0 aromatic heterocycles. The standard InChI is InChI=1S/C14H14S/c1-7-13(3,4)9-11-15-12-10-14(5,6)8-2/h1-2H,3-6H3. The van der Waals surface area contributed by atoms with Crippen molar-refractivity contribution in [2.45, 2.75) is 27.7 Å². The van der Waals surface area contributed by atoms with Crippen LogP contribution in [0.4, 0.5) is 0 Å². The molecule has 0 aromatic carbocycles. The first kappa shape index (κ1) is 13.6. The van der Waals surface area contributed by atoms with Gasteiger partial charge in [0.1, 0.15) is 0 Å². The molecule has 0 heterocycles. The molecule has 0 N–H and O–H groups in total. The molecule has 0 nitrogen and oxygen atoms in total. The summed E-state index contributed by atoms with van der Waals surface area (Å²) in [6.07, 6.45) is 10.6. The highest BCUT2D eigenvalue weighted by molar-refractivity contribution is 8.08. The van der Waals surface area contributed by atoms with Crippen molar-refractivity contribution >= 4 is 11.8 Å². The van der Waals surface area contributed by atoms with Crippen molar-refractivity contribution in [3.63, 3.8) is 0 Å². The van der Waals surface area contributed by atoms with Gasteiger partial charge in [0, 0.05) is 11.8 Å². The molecule has 0 bridgehead atoms. The third kappa shape index (κ3) is 6.63. The topological polar surface area (TPSA) is 0 Å². The monoisotopic (exact) mass is 214 g/mol. The maximum atomic E-state index is 5.29. The smallest absolute Gasteiger partial charge is 0.0869 e. The van der Waals surface area contributed by atoms with Crippen molar-refractivity contribution in [3.8, 4) is 47.0 Å². The summed E-state index contributed by atoms with van der Waals surface area (Å²) < 4.78 is 0. The normalized spacial score (nSPS) is 9.73. The summed E-state index contributed by atoms with van der Waals surface area (Å²) in [5.74, 6) is 11.1. The van der Waals surface area contributed by atoms with Crippen LogP contribution in [-0.4, -0.2) is 0 Å². The summed E-state index contributed by atoms with van der Waals surface area (Å²) in [4.78, 5) is 0. The van der Waals surface area contributed by atoms with Gasteiger partial charge in [-0.3, -0.25) is 0 Å². The Balaban J connectivity index is 4.36. The van der Waals surface area contributed by atoms with Gasteiger partial charge in [0.05, 0.1) is 10.8 Å². The second kappa shape index (κ2) is 5.47. The van der Waals surface area contributed by atoms with Gasteiger partial charge in [-0.25, -0.2) is 0 Å². The van der Waals surface area contributed by atoms with Crippen LogP contribution in [0.5, 0.6) is 0 Å². The molecule has 0 aliphatic heterocycles. The fourth-order valence-electron chi connectivity index (χ4n) is 0.404. The number of terminal acetylenes is 2. The summed E-state index contributed by atoms with van der Waals surface area (Å²) in [5.41, 5.74) is -0.785. The first-order valence-corrected chi connectivity index (χ1v) is 5.30. The second-order valence-corrected chi connectivity index (χ2v) is 4.71. The molecular weight excluding hydrogens is 200 g/mol. The molecule has 0 saturated heterocycles. The Hall–Kier alpha value is -1.41. The minimum Gasteiger partial charge on any atom is -0.119 e. The van der Waals surface area contributed by atoms with Crippen LogP contribution in [0.15, 0.2) is 0 Å². The lowest BCUT2D eigenvalue weighted by Crippen LogP contribution is -2.02. The third-order valence-electron chi connectivity index (χ3n) is 1.55. The van der Waals surface area contributed by atoms with Crippen molar-refractivity contribution in [1.29, 1.82) is 0 Å². The average molecular weight is 214 g/mol. The molecule has 0 spiro atoms. The van der Waals surface area contributed by atoms with Crippen LogP contribution in [0.3, 0.4) is 0 Å². The Bertz CT molecular complexity index is 374. The van der Waals surface area contributed by atoms with Gasteiger partial charge in [0.25, 0.3) is 0 Å². The molecule has 0 aliphatic carbocycles. The van der Waals surface area contributed by atoms with Crippen LogP contribution in [0, 0.1) is 57.9 Å². The van der Waals surface area contributed by atoms with Gasteiger partial charge in [-0.1, -0.05) is 23.7 Å². The molecule has 0 saturated carbocycles. The summed E-state index contributed by atoms with van der Waals surface area (Å²) >= 11 is 1.22. The van der Waals surface area contributed by atoms with E-state index in [0.29, 0.717) is 0 Å². The highest BCUT2D eigenvalue weighted by atomic mass is 32.2. The van der Waals surface area contributed by atoms with E-state index in [1.807, 2.05) is 27.7 Å². The molecular formula is C14H14S. The predicted octanol–water partition coefficient (Wildman–Crippen LogP) is 2.96. The minimum absolute atomic E-state index is 0.393. The van der Waals surface area contributed by atoms with Gasteiger partial charge in [-0.05, 0) is 38.2 Å². The number of hydrogen-bond donors (Lipinski definition) is 0. The van der Waals surface area contributed by atoms with Crippen molar-refractivity contribution < 1.29 is 0 Å². The molecule has 15 heavy (non-hydrogen) atoms. The van der Waals surface area contributed by atoms with E-state index >= 15 is 0 Å². The quantitative estimate of drug-likeness (QED) is 0.559. The molecule has 0 aliphatic rings. The molecule has 0 rings (SSSR count). The van der Waals surface area contributed by atoms with Crippen LogP contribution in [0.2, 0.25) is 0 Å². The van der Waals surface area contributed by atoms with Crippen LogP contribution in [0.25, 0.3) is 0 Å². The van der Waals surface area contributed by atoms with Crippen molar-refractivity contribution in [1.82, 2.24) is 0 Å². The van der Waals surface area contributed by atoms with Crippen LogP contribution >= 0.6 is 11.8 Å². The Labute approximate surface area is 97.6 Å². The molecule has 0 amide bonds. The van der Waals surface area contributed by atoms with Gasteiger partial charge in [0.2, 0.25) is 0 Å². The Morgan fingerprint density at radius 2 is 1.13 bits per heavy atom. The van der Waals surface area contributed by atoms with E-state index < -0.39 is 10.8 Å². The number of rotatable bonds is 0. The lowest BCUT2D eigenvalue weighted by molar-refractivity contribution is 0.687. The maximum Gasteiger partial charge on any atom is 0.0869 e. The minimum atomic E-state index is -0.393. The molecule has 0 atom stereocenters. The zero-order valence-corrected chi connectivity index (χ0v) is 10.4. The molecule has 1 heteroatoms. The Kier molecular flexibility index (Phi) is 4.95. The van der Waals surface area contributed by atoms with E-state index in [2.05, 4.69) is 34.2 Å². The molecule has 0 fully saturated rings. The van der Waals surface area contributed by atoms with E-state index in [-0.39, 0.29) is 0 Å². The van der Waals surface area contributed by atoms with Gasteiger partial charge in [0.15, 0.2) is 0 Å². The van der Waals surface area contributed by atoms with Crippen LogP contribution in [0.1, 0.15) is 27.7 Å². The Morgan fingerprint density at radius 1 is 0.800 bits per heavy atom. The molecule has 0 radical (unpaired) electrons. The van der Waals surface area contributed by atoms with E-state index in [0.717, 1.165) is 0 Å². The fraction of sp³-hybridized carbons (Fsp3) is 0.429. The van der Waals surface area contributed by atoms with Gasteiger partial charge < -0.3 is 0 Å². The number of thioether (sulfide) groups is 1. The molecule has 0 unspecified atom stereocenters. The SMILES string of the molecule is C#CC(C)(C)C#CSC#CC(C)(C)C#C. The molecule has 0 aromatic rings. The van der Waals surface area contributed by atoms with Gasteiger partial charge >= 0.3 is 0 Å². The summed E-state index contributed by atoms with van der Waals surface area (Å²) in [6, 6.07) is 0. The van der Waals surface area contributed by atoms with Crippen LogP contribution < -0.4 is 0 Å². The largest absolute Gasteiger partial charge is 0.119 e. The highest BCUT2D eigenvalue weighted by Gasteiger charge is 2.08. The summed E-state index contributed by atoms with van der Waals surface area (Å²) in [6.45, 7) is 7.55. The van der Waals surface area contributed by atoms with E-state index in [4.69, 9.17) is 12.8 Å². The first-order valence-electron chi connectivity index (χ1n) is 4.49. The van der Waals surface area contributed by atoms with E-state index in [1.165, 1.54) is 11.8 Å². The Morgan fingerprint density at radius 3 is 1.40 bits per heavy atom. The first-order chi connectivity index (χ1) is 6.83. The zero-order valence-electron chi connectivity index (χ0n) is 9.56. The van der Waals surface area contributed by atoms with Crippen molar-refractivity contribution in [2.24, 2.45) is 10.8 Å². The van der Waals surface area contributed by atoms with Crippen molar-refractivity contribution in [2.75, 3.05) is 0 Å². The summed E-state index contributed by atoms with van der Waals surface area (Å²) in [7, 11) is 0. The summed E-state index contributed by atoms with van der Waals surface area (Å²) in [5, 5.41) is 5.71. The highest BCUT2D eigenvalue weighted by Crippen LogP contribution is 2.13. The predicted molar refractivity (Wildman–Crippen MR) is 68.4 cm³/mol. The van der Waals surface area contributed by atoms with Gasteiger partial charge in [-0.15, -0.1) is 12.8 Å². The lowest BCUT2D eigenvalue weighted by Gasteiger charge is -2.06. The van der Waals surface area contributed by atoms with E-state index in [9.17, 15) is 0 Å². The zero-order chi connectivity index (χ0) is 11.9. The van der Waals surface area contributed by atoms with E-state index in [1.54, 1.807) is 0 Å². The maximum absolute atomic E-state index is 5.29. The average Bonchev–Trinajstić information content (AvgIpc) is 2.17. The third-order valence-corrected chi connectivity index (χ3v) is 1.96.